The van der Waals surface area contributed by atoms with Crippen LogP contribution in [0.1, 0.15) is 40.0 Å². The van der Waals surface area contributed by atoms with E-state index in [9.17, 15) is 14.4 Å². The molecule has 96 valence electrons. The Kier molecular flexibility index (Phi) is 4.03. The van der Waals surface area contributed by atoms with Gasteiger partial charge in [0.1, 0.15) is 12.6 Å². The second-order valence-electron chi connectivity index (χ2n) is 5.29. The first kappa shape index (κ1) is 13.8. The summed E-state index contributed by atoms with van der Waals surface area (Å²) in [5.74, 6) is -0.550. The molecule has 0 N–H and O–H groups in total. The molecule has 1 saturated heterocycles. The Morgan fingerprint density at radius 3 is 2.35 bits per heavy atom. The number of hydrogen-bond donors (Lipinski definition) is 0. The molecule has 0 amide bonds. The third-order valence-corrected chi connectivity index (χ3v) is 2.70. The monoisotopic (exact) mass is 242 g/mol. The maximum Gasteiger partial charge on any atom is 0.341 e. The Hall–Kier alpha value is -1.23. The van der Waals surface area contributed by atoms with Gasteiger partial charge >= 0.3 is 5.97 Å². The van der Waals surface area contributed by atoms with Crippen LogP contribution in [0.15, 0.2) is 0 Å². The lowest BCUT2D eigenvalue weighted by Crippen LogP contribution is -2.38. The van der Waals surface area contributed by atoms with Crippen LogP contribution in [-0.2, 0) is 23.9 Å². The highest BCUT2D eigenvalue weighted by Crippen LogP contribution is 2.38. The summed E-state index contributed by atoms with van der Waals surface area (Å²) in [6, 6.07) is 0. The van der Waals surface area contributed by atoms with E-state index in [0.717, 1.165) is 0 Å². The van der Waals surface area contributed by atoms with Gasteiger partial charge in [0.25, 0.3) is 0 Å². The van der Waals surface area contributed by atoms with Crippen molar-refractivity contribution < 1.29 is 23.9 Å². The summed E-state index contributed by atoms with van der Waals surface area (Å²) in [4.78, 5) is 32.9. The maximum atomic E-state index is 11.8. The smallest absolute Gasteiger partial charge is 0.341 e. The van der Waals surface area contributed by atoms with Crippen molar-refractivity contribution in [2.45, 2.75) is 51.9 Å². The molecule has 1 fully saturated rings. The van der Waals surface area contributed by atoms with E-state index in [0.29, 0.717) is 12.6 Å². The van der Waals surface area contributed by atoms with Crippen LogP contribution in [-0.4, -0.2) is 30.4 Å². The van der Waals surface area contributed by atoms with Crippen molar-refractivity contribution in [3.8, 4) is 0 Å². The minimum Gasteiger partial charge on any atom is -0.433 e. The predicted molar refractivity (Wildman–Crippen MR) is 59.1 cm³/mol. The molecular formula is C12H18O5. The Bertz CT molecular complexity index is 317. The molecule has 1 aliphatic rings. The second kappa shape index (κ2) is 4.96. The molecule has 0 aromatic heterocycles. The Morgan fingerprint density at radius 1 is 1.29 bits per heavy atom. The molecule has 0 saturated carbocycles. The average Bonchev–Trinajstić information content (AvgIpc) is 2.54. The summed E-state index contributed by atoms with van der Waals surface area (Å²) in [7, 11) is 0. The van der Waals surface area contributed by atoms with Gasteiger partial charge in [0, 0.05) is 18.3 Å². The molecule has 5 heteroatoms. The third-order valence-electron chi connectivity index (χ3n) is 2.70. The summed E-state index contributed by atoms with van der Waals surface area (Å²) in [5.41, 5.74) is -1.64. The fourth-order valence-corrected chi connectivity index (χ4v) is 1.66. The van der Waals surface area contributed by atoms with Crippen LogP contribution in [0.2, 0.25) is 0 Å². The topological polar surface area (TPSA) is 69.7 Å². The molecule has 1 rings (SSSR count). The lowest BCUT2D eigenvalue weighted by molar-refractivity contribution is -0.156. The van der Waals surface area contributed by atoms with Gasteiger partial charge in [0.2, 0.25) is 6.29 Å². The first-order valence-electron chi connectivity index (χ1n) is 5.62. The highest BCUT2D eigenvalue weighted by Gasteiger charge is 2.52. The fraction of sp³-hybridized carbons (Fsp3) is 0.750. The van der Waals surface area contributed by atoms with Crippen LogP contribution in [0.25, 0.3) is 0 Å². The van der Waals surface area contributed by atoms with Crippen molar-refractivity contribution in [2.75, 3.05) is 0 Å². The molecule has 17 heavy (non-hydrogen) atoms. The SMILES string of the molecule is CC(C)(C)[C@@H]1OC(=O)[C@](CC=O)(CCC=O)O1. The van der Waals surface area contributed by atoms with Crippen LogP contribution in [0.5, 0.6) is 0 Å². The van der Waals surface area contributed by atoms with Crippen LogP contribution >= 0.6 is 0 Å². The molecule has 0 unspecified atom stereocenters. The van der Waals surface area contributed by atoms with E-state index in [-0.39, 0.29) is 24.7 Å². The van der Waals surface area contributed by atoms with Crippen LogP contribution in [0.3, 0.4) is 0 Å². The van der Waals surface area contributed by atoms with Crippen LogP contribution in [0, 0.1) is 5.41 Å². The van der Waals surface area contributed by atoms with Gasteiger partial charge in [-0.15, -0.1) is 0 Å². The molecule has 0 aliphatic carbocycles. The minimum absolute atomic E-state index is 0.0771. The van der Waals surface area contributed by atoms with Gasteiger partial charge in [-0.1, -0.05) is 20.8 Å². The molecular weight excluding hydrogens is 224 g/mol. The van der Waals surface area contributed by atoms with Crippen LogP contribution in [0.4, 0.5) is 0 Å². The van der Waals surface area contributed by atoms with Gasteiger partial charge in [-0.05, 0) is 6.42 Å². The van der Waals surface area contributed by atoms with E-state index in [1.807, 2.05) is 20.8 Å². The fourth-order valence-electron chi connectivity index (χ4n) is 1.66. The zero-order valence-electron chi connectivity index (χ0n) is 10.4. The normalized spacial score (nSPS) is 28.9. The molecule has 0 radical (unpaired) electrons. The zero-order valence-corrected chi connectivity index (χ0v) is 10.4. The predicted octanol–water partition coefficient (Wildman–Crippen LogP) is 1.24. The Labute approximate surface area is 100 Å². The van der Waals surface area contributed by atoms with Gasteiger partial charge in [-0.3, -0.25) is 0 Å². The molecule has 0 aromatic carbocycles. The summed E-state index contributed by atoms with van der Waals surface area (Å²) in [6.45, 7) is 5.63. The number of hydrogen-bond acceptors (Lipinski definition) is 5. The average molecular weight is 242 g/mol. The first-order chi connectivity index (χ1) is 7.85. The number of carbonyl (C=O) groups is 3. The molecule has 0 bridgehead atoms. The lowest BCUT2D eigenvalue weighted by atomic mass is 9.94. The number of cyclic esters (lactones) is 1. The third kappa shape index (κ3) is 2.91. The van der Waals surface area contributed by atoms with Crippen LogP contribution < -0.4 is 0 Å². The number of carbonyl (C=O) groups excluding carboxylic acids is 3. The largest absolute Gasteiger partial charge is 0.433 e. The van der Waals surface area contributed by atoms with Crippen molar-refractivity contribution in [3.05, 3.63) is 0 Å². The highest BCUT2D eigenvalue weighted by molar-refractivity contribution is 5.84. The Morgan fingerprint density at radius 2 is 1.94 bits per heavy atom. The van der Waals surface area contributed by atoms with Gasteiger partial charge in [0.15, 0.2) is 5.60 Å². The maximum absolute atomic E-state index is 11.8. The van der Waals surface area contributed by atoms with E-state index in [1.165, 1.54) is 0 Å². The molecule has 0 aromatic rings. The molecule has 5 nitrogen and oxygen atoms in total. The quantitative estimate of drug-likeness (QED) is 0.536. The van der Waals surface area contributed by atoms with Crippen molar-refractivity contribution >= 4 is 18.5 Å². The summed E-state index contributed by atoms with van der Waals surface area (Å²) < 4.78 is 10.8. The number of rotatable bonds is 5. The van der Waals surface area contributed by atoms with E-state index < -0.39 is 17.9 Å². The molecule has 2 atom stereocenters. The highest BCUT2D eigenvalue weighted by atomic mass is 16.8. The standard InChI is InChI=1S/C12H18O5/c1-11(2,3)10-16-9(15)12(17-10,6-8-14)5-4-7-13/h7-8,10H,4-6H2,1-3H3/t10-,12-/m1/s1. The number of esters is 1. The number of aldehydes is 2. The summed E-state index contributed by atoms with van der Waals surface area (Å²) in [6.07, 6.45) is 0.916. The van der Waals surface area contributed by atoms with Gasteiger partial charge < -0.3 is 19.1 Å². The lowest BCUT2D eigenvalue weighted by Gasteiger charge is -2.27. The van der Waals surface area contributed by atoms with Crippen molar-refractivity contribution in [2.24, 2.45) is 5.41 Å². The van der Waals surface area contributed by atoms with E-state index >= 15 is 0 Å². The summed E-state index contributed by atoms with van der Waals surface area (Å²) in [5, 5.41) is 0. The molecule has 0 spiro atoms. The summed E-state index contributed by atoms with van der Waals surface area (Å²) >= 11 is 0. The zero-order chi connectivity index (χ0) is 13.1. The van der Waals surface area contributed by atoms with E-state index in [2.05, 4.69) is 0 Å². The van der Waals surface area contributed by atoms with Crippen molar-refractivity contribution in [1.82, 2.24) is 0 Å². The molecule has 1 aliphatic heterocycles. The van der Waals surface area contributed by atoms with E-state index in [4.69, 9.17) is 9.47 Å². The van der Waals surface area contributed by atoms with Gasteiger partial charge in [0.05, 0.1) is 0 Å². The number of ether oxygens (including phenoxy) is 2. The van der Waals surface area contributed by atoms with Crippen molar-refractivity contribution in [1.29, 1.82) is 0 Å². The second-order valence-corrected chi connectivity index (χ2v) is 5.29. The Balaban J connectivity index is 2.87. The van der Waals surface area contributed by atoms with Gasteiger partial charge in [-0.25, -0.2) is 4.79 Å². The first-order valence-corrected chi connectivity index (χ1v) is 5.62. The minimum atomic E-state index is -1.28. The van der Waals surface area contributed by atoms with E-state index in [1.54, 1.807) is 0 Å². The van der Waals surface area contributed by atoms with Gasteiger partial charge in [-0.2, -0.15) is 0 Å². The molecule has 1 heterocycles. The van der Waals surface area contributed by atoms with Crippen molar-refractivity contribution in [3.63, 3.8) is 0 Å².